The van der Waals surface area contributed by atoms with Crippen molar-refractivity contribution in [3.05, 3.63) is 64.9 Å². The van der Waals surface area contributed by atoms with Crippen molar-refractivity contribution < 1.29 is 9.53 Å². The fraction of sp³-hybridized carbons (Fsp3) is 0.211. The molecule has 1 aliphatic heterocycles. The van der Waals surface area contributed by atoms with Gasteiger partial charge in [-0.05, 0) is 25.1 Å². The van der Waals surface area contributed by atoms with Gasteiger partial charge in [-0.2, -0.15) is 9.78 Å². The number of aromatic nitrogens is 3. The van der Waals surface area contributed by atoms with Crippen LogP contribution in [0.4, 0.5) is 10.6 Å². The van der Waals surface area contributed by atoms with E-state index in [1.807, 2.05) is 37.3 Å². The van der Waals surface area contributed by atoms with Crippen LogP contribution in [0, 0.1) is 6.92 Å². The Hall–Kier alpha value is -3.06. The van der Waals surface area contributed by atoms with Gasteiger partial charge in [0.15, 0.2) is 5.82 Å². The summed E-state index contributed by atoms with van der Waals surface area (Å²) in [5.41, 5.74) is 1.65. The minimum Gasteiger partial charge on any atom is -0.492 e. The predicted molar refractivity (Wildman–Crippen MR) is 103 cm³/mol. The lowest BCUT2D eigenvalue weighted by atomic mass is 10.0. The van der Waals surface area contributed by atoms with Crippen LogP contribution in [0.15, 0.2) is 48.7 Å². The van der Waals surface area contributed by atoms with E-state index in [-0.39, 0.29) is 12.1 Å². The summed E-state index contributed by atoms with van der Waals surface area (Å²) in [7, 11) is 0. The normalized spacial score (nSPS) is 15.6. The number of nitrogens with one attached hydrogen (secondary N) is 2. The Bertz CT molecular complexity index is 973. The van der Waals surface area contributed by atoms with E-state index in [9.17, 15) is 4.79 Å². The Kier molecular flexibility index (Phi) is 4.68. The number of fused-ring (bicyclic) bond motifs is 1. The molecule has 1 atom stereocenters. The zero-order chi connectivity index (χ0) is 18.8. The first-order chi connectivity index (χ1) is 13.1. The van der Waals surface area contributed by atoms with Crippen LogP contribution in [0.1, 0.15) is 23.7 Å². The maximum absolute atomic E-state index is 12.6. The number of anilines is 1. The molecule has 27 heavy (non-hydrogen) atoms. The highest BCUT2D eigenvalue weighted by Crippen LogP contribution is 2.37. The molecule has 7 nitrogen and oxygen atoms in total. The minimum atomic E-state index is -0.329. The molecule has 1 aliphatic rings. The number of carbonyl (C=O) groups excluding carboxylic acids is 1. The third kappa shape index (κ3) is 3.59. The summed E-state index contributed by atoms with van der Waals surface area (Å²) in [6, 6.07) is 12.3. The summed E-state index contributed by atoms with van der Waals surface area (Å²) in [4.78, 5) is 16.9. The quantitative estimate of drug-likeness (QED) is 0.719. The van der Waals surface area contributed by atoms with Gasteiger partial charge in [0.25, 0.3) is 0 Å². The van der Waals surface area contributed by atoms with Crippen molar-refractivity contribution in [3.63, 3.8) is 0 Å². The smallest absolute Gasteiger partial charge is 0.320 e. The number of hydrogen-bond acceptors (Lipinski definition) is 4. The number of rotatable bonds is 3. The number of hydrogen-bond donors (Lipinski definition) is 2. The lowest BCUT2D eigenvalue weighted by molar-refractivity contribution is 0.232. The number of urea groups is 1. The highest BCUT2D eigenvalue weighted by Gasteiger charge is 2.25. The number of carbonyl (C=O) groups is 1. The lowest BCUT2D eigenvalue weighted by Crippen LogP contribution is -2.35. The van der Waals surface area contributed by atoms with Crippen LogP contribution in [0.2, 0.25) is 5.02 Å². The third-order valence-electron chi connectivity index (χ3n) is 4.27. The molecule has 0 saturated heterocycles. The van der Waals surface area contributed by atoms with Gasteiger partial charge in [-0.25, -0.2) is 9.78 Å². The van der Waals surface area contributed by atoms with Gasteiger partial charge in [0.2, 0.25) is 0 Å². The molecule has 2 aromatic heterocycles. The van der Waals surface area contributed by atoms with E-state index >= 15 is 0 Å². The second-order valence-corrected chi connectivity index (χ2v) is 6.62. The van der Waals surface area contributed by atoms with Crippen molar-refractivity contribution in [2.75, 3.05) is 11.9 Å². The monoisotopic (exact) mass is 383 g/mol. The average Bonchev–Trinajstić information content (AvgIpc) is 3.03. The number of halogens is 1. The van der Waals surface area contributed by atoms with Crippen molar-refractivity contribution in [3.8, 4) is 11.6 Å². The van der Waals surface area contributed by atoms with E-state index in [0.717, 1.165) is 11.3 Å². The molecule has 4 rings (SSSR count). The van der Waals surface area contributed by atoms with Crippen LogP contribution in [0.3, 0.4) is 0 Å². The second-order valence-electron chi connectivity index (χ2n) is 6.22. The predicted octanol–water partition coefficient (Wildman–Crippen LogP) is 3.87. The van der Waals surface area contributed by atoms with Gasteiger partial charge in [0.1, 0.15) is 11.6 Å². The van der Waals surface area contributed by atoms with E-state index in [2.05, 4.69) is 20.7 Å². The number of para-hydroxylation sites is 1. The van der Waals surface area contributed by atoms with Crippen LogP contribution in [0.25, 0.3) is 5.82 Å². The van der Waals surface area contributed by atoms with Crippen molar-refractivity contribution >= 4 is 23.4 Å². The van der Waals surface area contributed by atoms with E-state index < -0.39 is 0 Å². The number of nitrogens with zero attached hydrogens (tertiary/aromatic N) is 3. The van der Waals surface area contributed by atoms with Crippen LogP contribution in [-0.2, 0) is 0 Å². The molecule has 8 heteroatoms. The van der Waals surface area contributed by atoms with Crippen molar-refractivity contribution in [1.29, 1.82) is 0 Å². The number of amides is 2. The summed E-state index contributed by atoms with van der Waals surface area (Å²) in [5.74, 6) is 1.80. The molecule has 138 valence electrons. The maximum Gasteiger partial charge on any atom is 0.320 e. The molecule has 2 N–H and O–H groups in total. The number of aryl methyl sites for hydroxylation is 1. The first-order valence-corrected chi connectivity index (χ1v) is 8.96. The zero-order valence-electron chi connectivity index (χ0n) is 14.6. The molecule has 0 radical (unpaired) electrons. The number of benzene rings is 1. The van der Waals surface area contributed by atoms with Crippen LogP contribution in [-0.4, -0.2) is 27.4 Å². The van der Waals surface area contributed by atoms with Gasteiger partial charge >= 0.3 is 6.03 Å². The van der Waals surface area contributed by atoms with Crippen LogP contribution in [0.5, 0.6) is 5.75 Å². The highest BCUT2D eigenvalue weighted by molar-refractivity contribution is 6.32. The zero-order valence-corrected chi connectivity index (χ0v) is 15.4. The van der Waals surface area contributed by atoms with Gasteiger partial charge in [0, 0.05) is 24.2 Å². The molecular weight excluding hydrogens is 366 g/mol. The number of ether oxygens (including phenoxy) is 1. The standard InChI is InChI=1S/C19H18ClN5O2/c1-12-11-17(25(24-12)16-7-2-3-9-21-16)23-19(26)22-15-8-10-27-18-13(15)5-4-6-14(18)20/h2-7,9,11,15H,8,10H2,1H3,(H2,22,23,26)/t15-/m0/s1. The lowest BCUT2D eigenvalue weighted by Gasteiger charge is -2.27. The Labute approximate surface area is 161 Å². The van der Waals surface area contributed by atoms with Gasteiger partial charge in [-0.1, -0.05) is 29.8 Å². The summed E-state index contributed by atoms with van der Waals surface area (Å²) in [6.07, 6.45) is 2.35. The topological polar surface area (TPSA) is 81.1 Å². The largest absolute Gasteiger partial charge is 0.492 e. The molecule has 3 aromatic rings. The molecular formula is C19H18ClN5O2. The molecule has 3 heterocycles. The first kappa shape index (κ1) is 17.4. The van der Waals surface area contributed by atoms with E-state index in [0.29, 0.717) is 35.4 Å². The maximum atomic E-state index is 12.6. The Balaban J connectivity index is 1.53. The SMILES string of the molecule is Cc1cc(NC(=O)N[C@H]2CCOc3c(Cl)cccc32)n(-c2ccccn2)n1. The van der Waals surface area contributed by atoms with Crippen LogP contribution >= 0.6 is 11.6 Å². The summed E-state index contributed by atoms with van der Waals surface area (Å²) in [6.45, 7) is 2.35. The Morgan fingerprint density at radius 2 is 2.19 bits per heavy atom. The average molecular weight is 384 g/mol. The van der Waals surface area contributed by atoms with E-state index in [1.165, 1.54) is 0 Å². The molecule has 0 saturated carbocycles. The summed E-state index contributed by atoms with van der Waals surface area (Å²) in [5, 5.41) is 10.8. The third-order valence-corrected chi connectivity index (χ3v) is 4.57. The van der Waals surface area contributed by atoms with E-state index in [1.54, 1.807) is 23.0 Å². The second kappa shape index (κ2) is 7.28. The van der Waals surface area contributed by atoms with Crippen LogP contribution < -0.4 is 15.4 Å². The van der Waals surface area contributed by atoms with Crippen molar-refractivity contribution in [2.24, 2.45) is 0 Å². The van der Waals surface area contributed by atoms with Gasteiger partial charge < -0.3 is 10.1 Å². The minimum absolute atomic E-state index is 0.181. The summed E-state index contributed by atoms with van der Waals surface area (Å²) >= 11 is 6.19. The van der Waals surface area contributed by atoms with Crippen molar-refractivity contribution in [2.45, 2.75) is 19.4 Å². The Morgan fingerprint density at radius 1 is 1.30 bits per heavy atom. The molecule has 0 fully saturated rings. The molecule has 1 aromatic carbocycles. The van der Waals surface area contributed by atoms with Gasteiger partial charge in [-0.3, -0.25) is 5.32 Å². The first-order valence-electron chi connectivity index (χ1n) is 8.58. The highest BCUT2D eigenvalue weighted by atomic mass is 35.5. The summed E-state index contributed by atoms with van der Waals surface area (Å²) < 4.78 is 7.24. The van der Waals surface area contributed by atoms with E-state index in [4.69, 9.17) is 16.3 Å². The Morgan fingerprint density at radius 3 is 3.00 bits per heavy atom. The molecule has 0 spiro atoms. The van der Waals surface area contributed by atoms with Gasteiger partial charge in [-0.15, -0.1) is 0 Å². The number of pyridine rings is 1. The molecule has 0 bridgehead atoms. The van der Waals surface area contributed by atoms with Gasteiger partial charge in [0.05, 0.1) is 23.4 Å². The molecule has 0 aliphatic carbocycles. The molecule has 0 unspecified atom stereocenters. The molecule has 2 amide bonds. The fourth-order valence-corrected chi connectivity index (χ4v) is 3.33. The van der Waals surface area contributed by atoms with Crippen molar-refractivity contribution in [1.82, 2.24) is 20.1 Å². The fourth-order valence-electron chi connectivity index (χ4n) is 3.09.